The van der Waals surface area contributed by atoms with Crippen LogP contribution in [0.15, 0.2) is 24.3 Å². The topological polar surface area (TPSA) is 38.3 Å². The Kier molecular flexibility index (Phi) is 2.11. The molecule has 4 heteroatoms. The molecule has 0 aromatic heterocycles. The summed E-state index contributed by atoms with van der Waals surface area (Å²) < 4.78 is 17.7. The summed E-state index contributed by atoms with van der Waals surface area (Å²) in [6.45, 7) is 1.85. The van der Waals surface area contributed by atoms with E-state index in [-0.39, 0.29) is 18.0 Å². The molecule has 1 aromatic rings. The van der Waals surface area contributed by atoms with Gasteiger partial charge in [0.2, 0.25) is 0 Å². The van der Waals surface area contributed by atoms with Gasteiger partial charge in [0.05, 0.1) is 6.04 Å². The molecule has 1 aliphatic rings. The van der Waals surface area contributed by atoms with Gasteiger partial charge in [-0.2, -0.15) is 0 Å². The molecule has 1 heterocycles. The Morgan fingerprint density at radius 1 is 1.36 bits per heavy atom. The van der Waals surface area contributed by atoms with Gasteiger partial charge in [-0.15, -0.1) is 0 Å². The predicted octanol–water partition coefficient (Wildman–Crippen LogP) is 2.00. The predicted molar refractivity (Wildman–Crippen MR) is 48.2 cm³/mol. The highest BCUT2D eigenvalue weighted by Gasteiger charge is 2.31. The number of hydrogen-bond donors (Lipinski definition) is 1. The minimum absolute atomic E-state index is 0.0760. The molecule has 0 bridgehead atoms. The SMILES string of the molecule is C[C@H]1NC(=O)OC1c1ccc(F)cc1. The van der Waals surface area contributed by atoms with Gasteiger partial charge in [-0.05, 0) is 24.6 Å². The average molecular weight is 195 g/mol. The van der Waals surface area contributed by atoms with Crippen LogP contribution >= 0.6 is 0 Å². The first-order valence-corrected chi connectivity index (χ1v) is 4.39. The zero-order valence-electron chi connectivity index (χ0n) is 7.66. The number of ether oxygens (including phenoxy) is 1. The van der Waals surface area contributed by atoms with E-state index in [0.29, 0.717) is 0 Å². The van der Waals surface area contributed by atoms with Gasteiger partial charge < -0.3 is 10.1 Å². The van der Waals surface area contributed by atoms with Crippen LogP contribution in [-0.4, -0.2) is 12.1 Å². The van der Waals surface area contributed by atoms with E-state index in [2.05, 4.69) is 5.32 Å². The maximum Gasteiger partial charge on any atom is 0.408 e. The van der Waals surface area contributed by atoms with Gasteiger partial charge in [-0.1, -0.05) is 12.1 Å². The summed E-state index contributed by atoms with van der Waals surface area (Å²) in [4.78, 5) is 10.9. The highest BCUT2D eigenvalue weighted by Crippen LogP contribution is 2.25. The molecular weight excluding hydrogens is 185 g/mol. The zero-order valence-corrected chi connectivity index (χ0v) is 7.66. The van der Waals surface area contributed by atoms with Crippen LogP contribution in [0.5, 0.6) is 0 Å². The number of carbonyl (C=O) groups excluding carboxylic acids is 1. The molecule has 0 saturated carbocycles. The number of hydrogen-bond acceptors (Lipinski definition) is 2. The van der Waals surface area contributed by atoms with E-state index in [9.17, 15) is 9.18 Å². The number of carbonyl (C=O) groups is 1. The van der Waals surface area contributed by atoms with Gasteiger partial charge in [0, 0.05) is 0 Å². The molecule has 0 aliphatic carbocycles. The summed E-state index contributed by atoms with van der Waals surface area (Å²) in [5.74, 6) is -0.293. The van der Waals surface area contributed by atoms with Gasteiger partial charge in [-0.25, -0.2) is 9.18 Å². The lowest BCUT2D eigenvalue weighted by atomic mass is 10.0. The van der Waals surface area contributed by atoms with E-state index in [0.717, 1.165) is 5.56 Å². The third-order valence-electron chi connectivity index (χ3n) is 2.23. The van der Waals surface area contributed by atoms with Crippen LogP contribution in [0.3, 0.4) is 0 Å². The van der Waals surface area contributed by atoms with Gasteiger partial charge in [-0.3, -0.25) is 0 Å². The van der Waals surface area contributed by atoms with Crippen molar-refractivity contribution in [2.75, 3.05) is 0 Å². The van der Waals surface area contributed by atoms with Crippen molar-refractivity contribution in [3.8, 4) is 0 Å². The van der Waals surface area contributed by atoms with Crippen molar-refractivity contribution in [3.63, 3.8) is 0 Å². The number of rotatable bonds is 1. The third kappa shape index (κ3) is 1.55. The molecule has 2 rings (SSSR count). The number of amides is 1. The van der Waals surface area contributed by atoms with Gasteiger partial charge in [0.1, 0.15) is 11.9 Å². The molecule has 14 heavy (non-hydrogen) atoms. The van der Waals surface area contributed by atoms with Crippen LogP contribution in [-0.2, 0) is 4.74 Å². The van der Waals surface area contributed by atoms with E-state index in [1.165, 1.54) is 12.1 Å². The number of alkyl carbamates (subject to hydrolysis) is 1. The Morgan fingerprint density at radius 2 is 2.00 bits per heavy atom. The standard InChI is InChI=1S/C10H10FNO2/c1-6-9(14-10(13)12-6)7-2-4-8(11)5-3-7/h2-6,9H,1H3,(H,12,13)/t6-,9?/m1/s1. The second-order valence-electron chi connectivity index (χ2n) is 3.31. The minimum Gasteiger partial charge on any atom is -0.439 e. The summed E-state index contributed by atoms with van der Waals surface area (Å²) in [7, 11) is 0. The number of nitrogens with one attached hydrogen (secondary N) is 1. The molecule has 0 spiro atoms. The van der Waals surface area contributed by atoms with Crippen LogP contribution in [0, 0.1) is 5.82 Å². The lowest BCUT2D eigenvalue weighted by molar-refractivity contribution is 0.134. The molecule has 1 aromatic carbocycles. The molecule has 0 radical (unpaired) electrons. The summed E-state index contributed by atoms with van der Waals surface area (Å²) in [6, 6.07) is 5.88. The third-order valence-corrected chi connectivity index (χ3v) is 2.23. The maximum absolute atomic E-state index is 12.6. The number of cyclic esters (lactones) is 1. The molecule has 1 unspecified atom stereocenters. The van der Waals surface area contributed by atoms with Crippen molar-refractivity contribution >= 4 is 6.09 Å². The molecular formula is C10H10FNO2. The first-order chi connectivity index (χ1) is 6.66. The summed E-state index contributed by atoms with van der Waals surface area (Å²) in [5.41, 5.74) is 0.803. The van der Waals surface area contributed by atoms with Crippen LogP contribution in [0.25, 0.3) is 0 Å². The van der Waals surface area contributed by atoms with Gasteiger partial charge >= 0.3 is 6.09 Å². The van der Waals surface area contributed by atoms with Gasteiger partial charge in [0.25, 0.3) is 0 Å². The van der Waals surface area contributed by atoms with Crippen LogP contribution < -0.4 is 5.32 Å². The maximum atomic E-state index is 12.6. The summed E-state index contributed by atoms with van der Waals surface area (Å²) in [6.07, 6.45) is -0.741. The van der Waals surface area contributed by atoms with Crippen molar-refractivity contribution in [1.82, 2.24) is 5.32 Å². The fourth-order valence-electron chi connectivity index (χ4n) is 1.52. The molecule has 1 N–H and O–H groups in total. The average Bonchev–Trinajstić information content (AvgIpc) is 2.47. The molecule has 74 valence electrons. The highest BCUT2D eigenvalue weighted by molar-refractivity contribution is 5.70. The van der Waals surface area contributed by atoms with Crippen molar-refractivity contribution in [3.05, 3.63) is 35.6 Å². The molecule has 1 aliphatic heterocycles. The first kappa shape index (κ1) is 8.99. The minimum atomic E-state index is -0.424. The highest BCUT2D eigenvalue weighted by atomic mass is 19.1. The van der Waals surface area contributed by atoms with E-state index in [1.54, 1.807) is 12.1 Å². The quantitative estimate of drug-likeness (QED) is 0.744. The molecule has 1 fully saturated rings. The van der Waals surface area contributed by atoms with Crippen molar-refractivity contribution in [2.45, 2.75) is 19.1 Å². The van der Waals surface area contributed by atoms with E-state index >= 15 is 0 Å². The summed E-state index contributed by atoms with van der Waals surface area (Å²) in [5, 5.41) is 2.63. The lowest BCUT2D eigenvalue weighted by Crippen LogP contribution is -2.23. The van der Waals surface area contributed by atoms with Crippen LogP contribution in [0.2, 0.25) is 0 Å². The van der Waals surface area contributed by atoms with E-state index in [1.807, 2.05) is 6.92 Å². The Morgan fingerprint density at radius 3 is 2.50 bits per heavy atom. The molecule has 1 saturated heterocycles. The Labute approximate surface area is 80.9 Å². The molecule has 1 amide bonds. The van der Waals surface area contributed by atoms with Crippen molar-refractivity contribution < 1.29 is 13.9 Å². The van der Waals surface area contributed by atoms with E-state index < -0.39 is 6.09 Å². The van der Waals surface area contributed by atoms with Crippen LogP contribution in [0.4, 0.5) is 9.18 Å². The number of benzene rings is 1. The monoisotopic (exact) mass is 195 g/mol. The summed E-state index contributed by atoms with van der Waals surface area (Å²) >= 11 is 0. The largest absolute Gasteiger partial charge is 0.439 e. The normalized spacial score (nSPS) is 25.7. The van der Waals surface area contributed by atoms with E-state index in [4.69, 9.17) is 4.74 Å². The number of halogens is 1. The zero-order chi connectivity index (χ0) is 10.1. The smallest absolute Gasteiger partial charge is 0.408 e. The van der Waals surface area contributed by atoms with Crippen molar-refractivity contribution in [2.24, 2.45) is 0 Å². The Balaban J connectivity index is 2.23. The van der Waals surface area contributed by atoms with Crippen LogP contribution in [0.1, 0.15) is 18.6 Å². The fraction of sp³-hybridized carbons (Fsp3) is 0.300. The fourth-order valence-corrected chi connectivity index (χ4v) is 1.52. The second-order valence-corrected chi connectivity index (χ2v) is 3.31. The van der Waals surface area contributed by atoms with Crippen molar-refractivity contribution in [1.29, 1.82) is 0 Å². The second kappa shape index (κ2) is 3.29. The Bertz CT molecular complexity index is 350. The first-order valence-electron chi connectivity index (χ1n) is 4.39. The Hall–Kier alpha value is -1.58. The molecule has 2 atom stereocenters. The molecule has 3 nitrogen and oxygen atoms in total. The van der Waals surface area contributed by atoms with Gasteiger partial charge in [0.15, 0.2) is 0 Å². The lowest BCUT2D eigenvalue weighted by Gasteiger charge is -2.12.